The fourth-order valence-electron chi connectivity index (χ4n) is 1.78. The quantitative estimate of drug-likeness (QED) is 0.700. The highest BCUT2D eigenvalue weighted by atomic mass is 32.1. The van der Waals surface area contributed by atoms with E-state index in [2.05, 4.69) is 10.3 Å². The van der Waals surface area contributed by atoms with Crippen LogP contribution in [0.3, 0.4) is 0 Å². The lowest BCUT2D eigenvalue weighted by Gasteiger charge is -2.18. The highest BCUT2D eigenvalue weighted by molar-refractivity contribution is 7.09. The van der Waals surface area contributed by atoms with Crippen LogP contribution in [0.2, 0.25) is 0 Å². The van der Waals surface area contributed by atoms with Crippen LogP contribution in [0.25, 0.3) is 0 Å². The molecule has 0 atom stereocenters. The average Bonchev–Trinajstić information content (AvgIpc) is 2.93. The summed E-state index contributed by atoms with van der Waals surface area (Å²) in [7, 11) is 0. The molecule has 1 heterocycles. The van der Waals surface area contributed by atoms with Crippen LogP contribution in [0.5, 0.6) is 0 Å². The van der Waals surface area contributed by atoms with E-state index in [1.807, 2.05) is 13.8 Å². The van der Waals surface area contributed by atoms with E-state index in [9.17, 15) is 9.59 Å². The Balaban J connectivity index is 2.27. The maximum absolute atomic E-state index is 11.8. The zero-order valence-corrected chi connectivity index (χ0v) is 12.8. The Morgan fingerprint density at radius 3 is 2.65 bits per heavy atom. The van der Waals surface area contributed by atoms with Crippen LogP contribution >= 0.6 is 11.3 Å². The standard InChI is InChI=1S/C13H22N4O2S/c1-3-17(4-2)12(18)6-5-7-15-13(19)10-9-20-11(8-14)16-10/h9H,3-8,14H2,1-2H3,(H,15,19). The molecule has 0 bridgehead atoms. The lowest BCUT2D eigenvalue weighted by atomic mass is 10.2. The summed E-state index contributed by atoms with van der Waals surface area (Å²) < 4.78 is 0. The van der Waals surface area contributed by atoms with Crippen LogP contribution in [-0.4, -0.2) is 41.3 Å². The van der Waals surface area contributed by atoms with Crippen molar-refractivity contribution in [3.8, 4) is 0 Å². The monoisotopic (exact) mass is 298 g/mol. The third-order valence-electron chi connectivity index (χ3n) is 2.93. The Morgan fingerprint density at radius 2 is 2.10 bits per heavy atom. The van der Waals surface area contributed by atoms with Crippen LogP contribution in [0, 0.1) is 0 Å². The topological polar surface area (TPSA) is 88.3 Å². The van der Waals surface area contributed by atoms with Crippen molar-refractivity contribution >= 4 is 23.2 Å². The second-order valence-electron chi connectivity index (χ2n) is 4.26. The first kappa shape index (κ1) is 16.6. The molecule has 0 spiro atoms. The zero-order chi connectivity index (χ0) is 15.0. The first-order valence-electron chi connectivity index (χ1n) is 6.82. The van der Waals surface area contributed by atoms with E-state index in [1.54, 1.807) is 10.3 Å². The van der Waals surface area contributed by atoms with Crippen molar-refractivity contribution in [3.63, 3.8) is 0 Å². The normalized spacial score (nSPS) is 10.3. The maximum Gasteiger partial charge on any atom is 0.270 e. The number of aromatic nitrogens is 1. The molecule has 2 amide bonds. The maximum atomic E-state index is 11.8. The zero-order valence-electron chi connectivity index (χ0n) is 12.0. The Bertz CT molecular complexity index is 443. The van der Waals surface area contributed by atoms with Crippen LogP contribution in [0.4, 0.5) is 0 Å². The van der Waals surface area contributed by atoms with E-state index in [4.69, 9.17) is 5.73 Å². The second-order valence-corrected chi connectivity index (χ2v) is 5.20. The van der Waals surface area contributed by atoms with Crippen molar-refractivity contribution in [2.24, 2.45) is 5.73 Å². The minimum absolute atomic E-state index is 0.128. The van der Waals surface area contributed by atoms with Gasteiger partial charge in [-0.3, -0.25) is 9.59 Å². The minimum Gasteiger partial charge on any atom is -0.351 e. The summed E-state index contributed by atoms with van der Waals surface area (Å²) in [5, 5.41) is 5.20. The molecule has 0 aliphatic heterocycles. The molecule has 0 saturated heterocycles. The number of nitrogens with one attached hydrogen (secondary N) is 1. The summed E-state index contributed by atoms with van der Waals surface area (Å²) in [6, 6.07) is 0. The van der Waals surface area contributed by atoms with Gasteiger partial charge in [0.05, 0.1) is 0 Å². The summed E-state index contributed by atoms with van der Waals surface area (Å²) in [5.74, 6) is -0.0837. The van der Waals surface area contributed by atoms with E-state index >= 15 is 0 Å². The summed E-state index contributed by atoms with van der Waals surface area (Å²) >= 11 is 1.37. The van der Waals surface area contributed by atoms with E-state index in [-0.39, 0.29) is 11.8 Å². The number of rotatable bonds is 8. The molecule has 0 fully saturated rings. The van der Waals surface area contributed by atoms with Gasteiger partial charge in [0, 0.05) is 38.0 Å². The molecule has 0 aromatic carbocycles. The summed E-state index contributed by atoms with van der Waals surface area (Å²) in [4.78, 5) is 29.4. The molecule has 0 aliphatic carbocycles. The molecule has 1 aromatic heterocycles. The molecular weight excluding hydrogens is 276 g/mol. The van der Waals surface area contributed by atoms with E-state index in [1.165, 1.54) is 11.3 Å². The summed E-state index contributed by atoms with van der Waals surface area (Å²) in [6.45, 7) is 6.18. The molecule has 0 saturated carbocycles. The first-order valence-corrected chi connectivity index (χ1v) is 7.70. The van der Waals surface area contributed by atoms with Crippen molar-refractivity contribution in [3.05, 3.63) is 16.1 Å². The van der Waals surface area contributed by atoms with Crippen LogP contribution < -0.4 is 11.1 Å². The predicted molar refractivity (Wildman–Crippen MR) is 79.5 cm³/mol. The fourth-order valence-corrected chi connectivity index (χ4v) is 2.43. The summed E-state index contributed by atoms with van der Waals surface area (Å²) in [5.41, 5.74) is 5.84. The van der Waals surface area contributed by atoms with E-state index < -0.39 is 0 Å². The van der Waals surface area contributed by atoms with Crippen molar-refractivity contribution in [2.45, 2.75) is 33.2 Å². The number of nitrogens with two attached hydrogens (primary N) is 1. The molecule has 20 heavy (non-hydrogen) atoms. The Labute approximate surface area is 123 Å². The Morgan fingerprint density at radius 1 is 1.40 bits per heavy atom. The van der Waals surface area contributed by atoms with Gasteiger partial charge in [-0.2, -0.15) is 0 Å². The lowest BCUT2D eigenvalue weighted by Crippen LogP contribution is -2.31. The van der Waals surface area contributed by atoms with Gasteiger partial charge in [-0.25, -0.2) is 4.98 Å². The van der Waals surface area contributed by atoms with Crippen molar-refractivity contribution in [1.29, 1.82) is 0 Å². The van der Waals surface area contributed by atoms with Gasteiger partial charge in [-0.15, -0.1) is 11.3 Å². The third kappa shape index (κ3) is 4.90. The van der Waals surface area contributed by atoms with Gasteiger partial charge < -0.3 is 16.0 Å². The van der Waals surface area contributed by atoms with Crippen LogP contribution in [-0.2, 0) is 11.3 Å². The smallest absolute Gasteiger partial charge is 0.270 e. The second kappa shape index (κ2) is 8.65. The van der Waals surface area contributed by atoms with Crippen molar-refractivity contribution in [2.75, 3.05) is 19.6 Å². The van der Waals surface area contributed by atoms with Crippen molar-refractivity contribution < 1.29 is 9.59 Å². The molecule has 0 aliphatic rings. The number of nitrogens with zero attached hydrogens (tertiary/aromatic N) is 2. The number of carbonyl (C=O) groups excluding carboxylic acids is 2. The Hall–Kier alpha value is -1.47. The predicted octanol–water partition coefficient (Wildman–Crippen LogP) is 0.980. The average molecular weight is 298 g/mol. The van der Waals surface area contributed by atoms with E-state index in [0.29, 0.717) is 31.6 Å². The molecule has 7 heteroatoms. The highest BCUT2D eigenvalue weighted by Crippen LogP contribution is 2.08. The first-order chi connectivity index (χ1) is 9.62. The molecule has 1 rings (SSSR count). The Kier molecular flexibility index (Phi) is 7.17. The van der Waals surface area contributed by atoms with Gasteiger partial charge in [0.25, 0.3) is 5.91 Å². The molecule has 0 unspecified atom stereocenters. The van der Waals surface area contributed by atoms with Gasteiger partial charge in [0.15, 0.2) is 0 Å². The molecular formula is C13H22N4O2S. The molecule has 3 N–H and O–H groups in total. The minimum atomic E-state index is -0.212. The van der Waals surface area contributed by atoms with Crippen molar-refractivity contribution in [1.82, 2.24) is 15.2 Å². The van der Waals surface area contributed by atoms with Gasteiger partial charge in [0.2, 0.25) is 5.91 Å². The number of carbonyl (C=O) groups is 2. The van der Waals surface area contributed by atoms with Gasteiger partial charge in [-0.1, -0.05) is 0 Å². The largest absolute Gasteiger partial charge is 0.351 e. The van der Waals surface area contributed by atoms with Crippen LogP contribution in [0.15, 0.2) is 5.38 Å². The van der Waals surface area contributed by atoms with Gasteiger partial charge in [-0.05, 0) is 20.3 Å². The number of hydrogen-bond acceptors (Lipinski definition) is 5. The highest BCUT2D eigenvalue weighted by Gasteiger charge is 2.11. The molecule has 0 radical (unpaired) electrons. The van der Waals surface area contributed by atoms with Gasteiger partial charge >= 0.3 is 0 Å². The fraction of sp³-hybridized carbons (Fsp3) is 0.615. The summed E-state index contributed by atoms with van der Waals surface area (Å²) in [6.07, 6.45) is 1.09. The number of hydrogen-bond donors (Lipinski definition) is 2. The van der Waals surface area contributed by atoms with E-state index in [0.717, 1.165) is 18.1 Å². The number of thiazole rings is 1. The van der Waals surface area contributed by atoms with Gasteiger partial charge in [0.1, 0.15) is 10.7 Å². The number of amides is 2. The lowest BCUT2D eigenvalue weighted by molar-refractivity contribution is -0.130. The molecule has 112 valence electrons. The molecule has 6 nitrogen and oxygen atoms in total. The van der Waals surface area contributed by atoms with Crippen LogP contribution in [0.1, 0.15) is 42.2 Å². The molecule has 1 aromatic rings. The third-order valence-corrected chi connectivity index (χ3v) is 3.80. The SMILES string of the molecule is CCN(CC)C(=O)CCCNC(=O)c1csc(CN)n1.